The fourth-order valence-electron chi connectivity index (χ4n) is 2.03. The minimum absolute atomic E-state index is 0.357. The zero-order valence-corrected chi connectivity index (χ0v) is 13.3. The van der Waals surface area contributed by atoms with Gasteiger partial charge in [-0.1, -0.05) is 32.0 Å². The molecule has 2 aromatic carbocycles. The maximum atomic E-state index is 11.9. The zero-order chi connectivity index (χ0) is 15.8. The molecule has 0 fully saturated rings. The third kappa shape index (κ3) is 4.35. The highest BCUT2D eigenvalue weighted by molar-refractivity contribution is 5.91. The van der Waals surface area contributed by atoms with Gasteiger partial charge in [-0.3, -0.25) is 0 Å². The van der Waals surface area contributed by atoms with Gasteiger partial charge in [-0.25, -0.2) is 4.79 Å². The minimum atomic E-state index is -0.357. The van der Waals surface area contributed by atoms with E-state index in [1.54, 1.807) is 43.5 Å². The van der Waals surface area contributed by atoms with Crippen LogP contribution in [0.25, 0.3) is 0 Å². The summed E-state index contributed by atoms with van der Waals surface area (Å²) >= 11 is 0. The van der Waals surface area contributed by atoms with Crippen LogP contribution >= 0.6 is 0 Å². The molecule has 112 valence electrons. The number of aryl methyl sites for hydroxylation is 2. The Morgan fingerprint density at radius 2 is 1.48 bits per heavy atom. The molecule has 0 aliphatic rings. The highest BCUT2D eigenvalue weighted by Gasteiger charge is 2.11. The molecule has 0 amide bonds. The molecule has 0 aliphatic heterocycles. The molecule has 3 heteroatoms. The van der Waals surface area contributed by atoms with Gasteiger partial charge in [-0.2, -0.15) is 0 Å². The number of rotatable bonds is 3. The van der Waals surface area contributed by atoms with Crippen molar-refractivity contribution in [1.29, 1.82) is 0 Å². The number of hydrogen-bond donors (Lipinski definition) is 0. The second kappa shape index (κ2) is 8.10. The van der Waals surface area contributed by atoms with E-state index in [0.717, 1.165) is 16.9 Å². The summed E-state index contributed by atoms with van der Waals surface area (Å²) in [5.41, 5.74) is 2.42. The lowest BCUT2D eigenvalue weighted by atomic mass is 10.1. The predicted octanol–water partition coefficient (Wildman–Crippen LogP) is 4.56. The van der Waals surface area contributed by atoms with E-state index in [1.165, 1.54) is 0 Å². The number of carbonyl (C=O) groups is 1. The van der Waals surface area contributed by atoms with E-state index in [9.17, 15) is 4.79 Å². The molecular formula is C18H22O3. The van der Waals surface area contributed by atoms with Gasteiger partial charge in [0, 0.05) is 0 Å². The molecule has 0 aromatic heterocycles. The lowest BCUT2D eigenvalue weighted by Crippen LogP contribution is -2.08. The van der Waals surface area contributed by atoms with Gasteiger partial charge in [0.15, 0.2) is 0 Å². The largest absolute Gasteiger partial charge is 0.496 e. The monoisotopic (exact) mass is 286 g/mol. The topological polar surface area (TPSA) is 35.5 Å². The van der Waals surface area contributed by atoms with Crippen LogP contribution in [-0.4, -0.2) is 13.1 Å². The van der Waals surface area contributed by atoms with Crippen molar-refractivity contribution in [3.63, 3.8) is 0 Å². The number of carbonyl (C=O) groups excluding carboxylic acids is 1. The van der Waals surface area contributed by atoms with Gasteiger partial charge in [-0.05, 0) is 49.2 Å². The molecule has 0 radical (unpaired) electrons. The summed E-state index contributed by atoms with van der Waals surface area (Å²) in [6.45, 7) is 7.84. The van der Waals surface area contributed by atoms with Crippen molar-refractivity contribution in [2.75, 3.05) is 7.11 Å². The van der Waals surface area contributed by atoms with Gasteiger partial charge in [0.1, 0.15) is 11.5 Å². The summed E-state index contributed by atoms with van der Waals surface area (Å²) in [6.07, 6.45) is 0. The molecular weight excluding hydrogens is 264 g/mol. The molecule has 0 saturated carbocycles. The van der Waals surface area contributed by atoms with E-state index in [4.69, 9.17) is 9.47 Å². The molecule has 0 aliphatic carbocycles. The Labute approximate surface area is 126 Å². The summed E-state index contributed by atoms with van der Waals surface area (Å²) in [7, 11) is 1.63. The fraction of sp³-hybridized carbons (Fsp3) is 0.278. The van der Waals surface area contributed by atoms with Crippen molar-refractivity contribution >= 4 is 5.97 Å². The third-order valence-electron chi connectivity index (χ3n) is 2.86. The summed E-state index contributed by atoms with van der Waals surface area (Å²) < 4.78 is 10.6. The quantitative estimate of drug-likeness (QED) is 0.613. The van der Waals surface area contributed by atoms with Gasteiger partial charge < -0.3 is 9.47 Å². The first-order valence-corrected chi connectivity index (χ1v) is 7.04. The van der Waals surface area contributed by atoms with Crippen molar-refractivity contribution in [3.8, 4) is 11.5 Å². The third-order valence-corrected chi connectivity index (χ3v) is 2.86. The molecule has 2 rings (SSSR count). The summed E-state index contributed by atoms with van der Waals surface area (Å²) in [4.78, 5) is 11.9. The lowest BCUT2D eigenvalue weighted by Gasteiger charge is -2.11. The summed E-state index contributed by atoms with van der Waals surface area (Å²) in [5.74, 6) is 0.994. The van der Waals surface area contributed by atoms with Crippen LogP contribution in [0.4, 0.5) is 0 Å². The second-order valence-corrected chi connectivity index (χ2v) is 4.35. The maximum Gasteiger partial charge on any atom is 0.343 e. The summed E-state index contributed by atoms with van der Waals surface area (Å²) in [5, 5.41) is 0. The zero-order valence-electron chi connectivity index (χ0n) is 13.3. The Hall–Kier alpha value is -2.29. The molecule has 0 bridgehead atoms. The normalized spacial score (nSPS) is 9.38. The SMILES string of the molecule is CC.COc1c(C)cc(OC(=O)c2ccccc2)cc1C. The van der Waals surface area contributed by atoms with Crippen LogP contribution in [0.1, 0.15) is 35.3 Å². The van der Waals surface area contributed by atoms with Gasteiger partial charge in [0.05, 0.1) is 12.7 Å². The maximum absolute atomic E-state index is 11.9. The Balaban J connectivity index is 0.00000106. The van der Waals surface area contributed by atoms with E-state index in [-0.39, 0.29) is 5.97 Å². The average molecular weight is 286 g/mol. The Morgan fingerprint density at radius 1 is 0.952 bits per heavy atom. The smallest absolute Gasteiger partial charge is 0.343 e. The van der Waals surface area contributed by atoms with E-state index in [2.05, 4.69) is 0 Å². The highest BCUT2D eigenvalue weighted by Crippen LogP contribution is 2.28. The Morgan fingerprint density at radius 3 is 1.95 bits per heavy atom. The molecule has 0 heterocycles. The second-order valence-electron chi connectivity index (χ2n) is 4.35. The van der Waals surface area contributed by atoms with Crippen molar-refractivity contribution in [2.45, 2.75) is 27.7 Å². The number of hydrogen-bond acceptors (Lipinski definition) is 3. The van der Waals surface area contributed by atoms with Crippen LogP contribution < -0.4 is 9.47 Å². The van der Waals surface area contributed by atoms with Crippen molar-refractivity contribution in [1.82, 2.24) is 0 Å². The van der Waals surface area contributed by atoms with Gasteiger partial charge in [0.25, 0.3) is 0 Å². The first-order valence-electron chi connectivity index (χ1n) is 7.04. The summed E-state index contributed by atoms with van der Waals surface area (Å²) in [6, 6.07) is 12.5. The Kier molecular flexibility index (Phi) is 6.47. The average Bonchev–Trinajstić information content (AvgIpc) is 2.50. The predicted molar refractivity (Wildman–Crippen MR) is 85.2 cm³/mol. The van der Waals surface area contributed by atoms with E-state index in [1.807, 2.05) is 33.8 Å². The van der Waals surface area contributed by atoms with Crippen molar-refractivity contribution in [2.24, 2.45) is 0 Å². The van der Waals surface area contributed by atoms with Crippen molar-refractivity contribution in [3.05, 3.63) is 59.2 Å². The number of methoxy groups -OCH3 is 1. The lowest BCUT2D eigenvalue weighted by molar-refractivity contribution is 0.0734. The first-order chi connectivity index (χ1) is 10.1. The standard InChI is InChI=1S/C16H16O3.C2H6/c1-11-9-14(10-12(2)15(11)18-3)19-16(17)13-7-5-4-6-8-13;1-2/h4-10H,1-3H3;1-2H3. The molecule has 0 atom stereocenters. The fourth-order valence-corrected chi connectivity index (χ4v) is 2.03. The molecule has 0 unspecified atom stereocenters. The first kappa shape index (κ1) is 16.8. The number of ether oxygens (including phenoxy) is 2. The molecule has 2 aromatic rings. The van der Waals surface area contributed by atoms with Crippen LogP contribution in [0.2, 0.25) is 0 Å². The van der Waals surface area contributed by atoms with E-state index < -0.39 is 0 Å². The van der Waals surface area contributed by atoms with Gasteiger partial charge in [-0.15, -0.1) is 0 Å². The van der Waals surface area contributed by atoms with E-state index >= 15 is 0 Å². The van der Waals surface area contributed by atoms with Gasteiger partial charge in [0.2, 0.25) is 0 Å². The minimum Gasteiger partial charge on any atom is -0.496 e. The molecule has 21 heavy (non-hydrogen) atoms. The molecule has 0 spiro atoms. The molecule has 0 N–H and O–H groups in total. The van der Waals surface area contributed by atoms with Crippen LogP contribution in [-0.2, 0) is 0 Å². The van der Waals surface area contributed by atoms with Crippen LogP contribution in [0, 0.1) is 13.8 Å². The number of benzene rings is 2. The van der Waals surface area contributed by atoms with Crippen molar-refractivity contribution < 1.29 is 14.3 Å². The highest BCUT2D eigenvalue weighted by atomic mass is 16.5. The van der Waals surface area contributed by atoms with Crippen LogP contribution in [0.3, 0.4) is 0 Å². The molecule has 0 saturated heterocycles. The van der Waals surface area contributed by atoms with Crippen LogP contribution in [0.15, 0.2) is 42.5 Å². The van der Waals surface area contributed by atoms with E-state index in [0.29, 0.717) is 11.3 Å². The van der Waals surface area contributed by atoms with Crippen LogP contribution in [0.5, 0.6) is 11.5 Å². The van der Waals surface area contributed by atoms with Gasteiger partial charge >= 0.3 is 5.97 Å². The Bertz CT molecular complexity index is 566. The molecule has 3 nitrogen and oxygen atoms in total. The number of esters is 1.